The average Bonchev–Trinajstić information content (AvgIpc) is 3.29. The molecular formula is C24H30N3O6P. The summed E-state index contributed by atoms with van der Waals surface area (Å²) in [6, 6.07) is 15.2. The van der Waals surface area contributed by atoms with Gasteiger partial charge in [-0.05, 0) is 43.9 Å². The number of hydrogen-bond acceptors (Lipinski definition) is 4. The van der Waals surface area contributed by atoms with E-state index in [9.17, 15) is 28.9 Å². The highest BCUT2D eigenvalue weighted by molar-refractivity contribution is 7.56. The van der Waals surface area contributed by atoms with E-state index in [0.717, 1.165) is 5.56 Å². The fourth-order valence-electron chi connectivity index (χ4n) is 4.16. The molecule has 4 atom stereocenters. The number of carbonyl (C=O) groups excluding carboxylic acids is 2. The highest BCUT2D eigenvalue weighted by Crippen LogP contribution is 2.38. The molecule has 9 nitrogen and oxygen atoms in total. The minimum absolute atomic E-state index is 0.293. The number of carboxylic acid groups (broad SMARTS) is 1. The van der Waals surface area contributed by atoms with Gasteiger partial charge < -0.3 is 20.2 Å². The maximum absolute atomic E-state index is 13.1. The topological polar surface area (TPSA) is 136 Å². The molecule has 2 aromatic rings. The zero-order chi connectivity index (χ0) is 24.7. The SMILES string of the molecule is C[C@H](NP(=O)(O)CC(Cc1ccccc1)NC(=O)c1ccccc1)C(=O)N1CCC[C@H]1C(=O)O. The van der Waals surface area contributed by atoms with Crippen LogP contribution in [0.25, 0.3) is 0 Å². The zero-order valence-corrected chi connectivity index (χ0v) is 19.9. The molecule has 0 spiro atoms. The molecule has 1 heterocycles. The molecule has 0 aromatic heterocycles. The average molecular weight is 487 g/mol. The van der Waals surface area contributed by atoms with E-state index in [0.29, 0.717) is 31.4 Å². The lowest BCUT2D eigenvalue weighted by Gasteiger charge is -2.28. The first-order valence-electron chi connectivity index (χ1n) is 11.2. The number of carbonyl (C=O) groups is 3. The van der Waals surface area contributed by atoms with E-state index in [1.165, 1.54) is 11.8 Å². The van der Waals surface area contributed by atoms with E-state index in [1.54, 1.807) is 30.3 Å². The van der Waals surface area contributed by atoms with Crippen molar-refractivity contribution in [3.63, 3.8) is 0 Å². The van der Waals surface area contributed by atoms with Gasteiger partial charge in [-0.15, -0.1) is 0 Å². The van der Waals surface area contributed by atoms with Crippen LogP contribution in [0.4, 0.5) is 0 Å². The number of carboxylic acids is 1. The fraction of sp³-hybridized carbons (Fsp3) is 0.375. The van der Waals surface area contributed by atoms with Crippen molar-refractivity contribution in [1.29, 1.82) is 0 Å². The van der Waals surface area contributed by atoms with Gasteiger partial charge in [0, 0.05) is 18.2 Å². The molecule has 0 radical (unpaired) electrons. The molecule has 3 rings (SSSR count). The van der Waals surface area contributed by atoms with Gasteiger partial charge >= 0.3 is 5.97 Å². The van der Waals surface area contributed by atoms with Gasteiger partial charge in [0.15, 0.2) is 0 Å². The third-order valence-corrected chi connectivity index (χ3v) is 7.48. The number of nitrogens with one attached hydrogen (secondary N) is 2. The third kappa shape index (κ3) is 7.00. The molecule has 182 valence electrons. The standard InChI is InChI=1S/C24H30N3O6P/c1-17(23(29)27-14-8-13-21(27)24(30)31)26-34(32,33)16-20(15-18-9-4-2-5-10-18)25-22(28)19-11-6-3-7-12-19/h2-7,9-12,17,20-21H,8,13-16H2,1H3,(H,25,28)(H,30,31)(H2,26,32,33)/t17-,20?,21-/m0/s1. The summed E-state index contributed by atoms with van der Waals surface area (Å²) in [5.41, 5.74) is 1.31. The van der Waals surface area contributed by atoms with Crippen molar-refractivity contribution in [2.24, 2.45) is 0 Å². The number of hydrogen-bond donors (Lipinski definition) is 4. The quantitative estimate of drug-likeness (QED) is 0.378. The minimum atomic E-state index is -4.09. The zero-order valence-electron chi connectivity index (χ0n) is 19.0. The van der Waals surface area contributed by atoms with Crippen LogP contribution in [0.5, 0.6) is 0 Å². The second-order valence-corrected chi connectivity index (χ2v) is 10.5. The van der Waals surface area contributed by atoms with Crippen molar-refractivity contribution in [2.75, 3.05) is 12.7 Å². The predicted octanol–water partition coefficient (Wildman–Crippen LogP) is 2.27. The van der Waals surface area contributed by atoms with Gasteiger partial charge in [0.25, 0.3) is 13.4 Å². The Morgan fingerprint density at radius 2 is 1.71 bits per heavy atom. The number of aliphatic carboxylic acids is 1. The van der Waals surface area contributed by atoms with Crippen LogP contribution in [0.15, 0.2) is 60.7 Å². The molecule has 1 aliphatic rings. The van der Waals surface area contributed by atoms with Gasteiger partial charge in [-0.25, -0.2) is 9.88 Å². The van der Waals surface area contributed by atoms with Gasteiger partial charge in [0.05, 0.1) is 12.2 Å². The van der Waals surface area contributed by atoms with Crippen LogP contribution in [0, 0.1) is 0 Å². The number of likely N-dealkylation sites (tertiary alicyclic amines) is 1. The van der Waals surface area contributed by atoms with E-state index < -0.39 is 37.5 Å². The smallest absolute Gasteiger partial charge is 0.326 e. The Bertz CT molecular complexity index is 1050. The summed E-state index contributed by atoms with van der Waals surface area (Å²) in [6.07, 6.45) is 0.938. The molecule has 2 aromatic carbocycles. The Morgan fingerprint density at radius 1 is 1.09 bits per heavy atom. The van der Waals surface area contributed by atoms with Crippen LogP contribution in [-0.4, -0.2) is 63.5 Å². The van der Waals surface area contributed by atoms with Crippen molar-refractivity contribution < 1.29 is 28.9 Å². The number of rotatable bonds is 10. The number of amides is 2. The first kappa shape index (κ1) is 25.6. The van der Waals surface area contributed by atoms with Gasteiger partial charge in [-0.2, -0.15) is 0 Å². The molecule has 2 amide bonds. The largest absolute Gasteiger partial charge is 0.480 e. The molecule has 1 fully saturated rings. The monoisotopic (exact) mass is 487 g/mol. The Morgan fingerprint density at radius 3 is 2.32 bits per heavy atom. The van der Waals surface area contributed by atoms with E-state index >= 15 is 0 Å². The first-order chi connectivity index (χ1) is 16.2. The summed E-state index contributed by atoms with van der Waals surface area (Å²) >= 11 is 0. The lowest BCUT2D eigenvalue weighted by atomic mass is 10.1. The van der Waals surface area contributed by atoms with Crippen molar-refractivity contribution in [1.82, 2.24) is 15.3 Å². The summed E-state index contributed by atoms with van der Waals surface area (Å²) in [4.78, 5) is 48.8. The van der Waals surface area contributed by atoms with Gasteiger partial charge in [-0.1, -0.05) is 48.5 Å². The molecule has 1 saturated heterocycles. The molecular weight excluding hydrogens is 457 g/mol. The summed E-state index contributed by atoms with van der Waals surface area (Å²) in [5.74, 6) is -1.99. The number of benzene rings is 2. The second-order valence-electron chi connectivity index (χ2n) is 8.49. The molecule has 34 heavy (non-hydrogen) atoms. The van der Waals surface area contributed by atoms with Crippen LogP contribution in [0.1, 0.15) is 35.7 Å². The second kappa shape index (κ2) is 11.4. The summed E-state index contributed by atoms with van der Waals surface area (Å²) in [6.45, 7) is 1.73. The van der Waals surface area contributed by atoms with Crippen molar-refractivity contribution in [2.45, 2.75) is 44.3 Å². The lowest BCUT2D eigenvalue weighted by Crippen LogP contribution is -2.49. The number of nitrogens with zero attached hydrogens (tertiary/aromatic N) is 1. The molecule has 2 unspecified atom stereocenters. The van der Waals surface area contributed by atoms with Crippen molar-refractivity contribution in [3.8, 4) is 0 Å². The van der Waals surface area contributed by atoms with Crippen LogP contribution < -0.4 is 10.4 Å². The van der Waals surface area contributed by atoms with E-state index in [4.69, 9.17) is 0 Å². The summed E-state index contributed by atoms with van der Waals surface area (Å²) in [5, 5.41) is 14.7. The van der Waals surface area contributed by atoms with Crippen LogP contribution in [0.3, 0.4) is 0 Å². The van der Waals surface area contributed by atoms with Gasteiger partial charge in [0.1, 0.15) is 6.04 Å². The highest BCUT2D eigenvalue weighted by Gasteiger charge is 2.38. The van der Waals surface area contributed by atoms with Crippen molar-refractivity contribution >= 4 is 25.3 Å². The Labute approximate surface area is 198 Å². The Hall–Kier alpha value is -3.00. The lowest BCUT2D eigenvalue weighted by molar-refractivity contribution is -0.148. The summed E-state index contributed by atoms with van der Waals surface area (Å²) < 4.78 is 13.1. The minimum Gasteiger partial charge on any atom is -0.480 e. The molecule has 0 bridgehead atoms. The van der Waals surface area contributed by atoms with E-state index in [2.05, 4.69) is 10.4 Å². The van der Waals surface area contributed by atoms with Gasteiger partial charge in [-0.3, -0.25) is 14.2 Å². The normalized spacial score (nSPS) is 19.1. The predicted molar refractivity (Wildman–Crippen MR) is 128 cm³/mol. The summed E-state index contributed by atoms with van der Waals surface area (Å²) in [7, 11) is -4.09. The highest BCUT2D eigenvalue weighted by atomic mass is 31.2. The van der Waals surface area contributed by atoms with Crippen LogP contribution in [0.2, 0.25) is 0 Å². The van der Waals surface area contributed by atoms with Crippen LogP contribution >= 0.6 is 7.52 Å². The maximum Gasteiger partial charge on any atom is 0.326 e. The third-order valence-electron chi connectivity index (χ3n) is 5.75. The Kier molecular flexibility index (Phi) is 8.61. The molecule has 0 aliphatic carbocycles. The van der Waals surface area contributed by atoms with E-state index in [-0.39, 0.29) is 12.1 Å². The van der Waals surface area contributed by atoms with E-state index in [1.807, 2.05) is 30.3 Å². The Balaban J connectivity index is 1.70. The van der Waals surface area contributed by atoms with Crippen molar-refractivity contribution in [3.05, 3.63) is 71.8 Å². The molecule has 0 saturated carbocycles. The van der Waals surface area contributed by atoms with Crippen LogP contribution in [-0.2, 0) is 20.6 Å². The molecule has 4 N–H and O–H groups in total. The molecule has 1 aliphatic heterocycles. The maximum atomic E-state index is 13.1. The first-order valence-corrected chi connectivity index (χ1v) is 13.0. The fourth-order valence-corrected chi connectivity index (χ4v) is 5.80. The molecule has 10 heteroatoms. The van der Waals surface area contributed by atoms with Gasteiger partial charge in [0.2, 0.25) is 5.91 Å².